The van der Waals surface area contributed by atoms with Crippen LogP contribution in [0.15, 0.2) is 18.2 Å². The number of anilines is 1. The van der Waals surface area contributed by atoms with E-state index in [1.807, 2.05) is 0 Å². The van der Waals surface area contributed by atoms with Gasteiger partial charge in [-0.25, -0.2) is 4.79 Å². The van der Waals surface area contributed by atoms with Crippen LogP contribution in [0.1, 0.15) is 16.8 Å². The van der Waals surface area contributed by atoms with E-state index < -0.39 is 16.8 Å². The van der Waals surface area contributed by atoms with Crippen molar-refractivity contribution in [2.45, 2.75) is 6.42 Å². The lowest BCUT2D eigenvalue weighted by Gasteiger charge is -2.08. The summed E-state index contributed by atoms with van der Waals surface area (Å²) in [6, 6.07) is 3.41. The van der Waals surface area contributed by atoms with E-state index in [2.05, 4.69) is 5.32 Å². The molecule has 1 amide bonds. The zero-order valence-corrected chi connectivity index (χ0v) is 9.25. The minimum Gasteiger partial charge on any atom is -0.478 e. The number of amides is 1. The molecule has 0 aliphatic carbocycles. The van der Waals surface area contributed by atoms with Gasteiger partial charge in [-0.1, -0.05) is 0 Å². The second-order valence-electron chi connectivity index (χ2n) is 3.44. The Morgan fingerprint density at radius 1 is 1.44 bits per heavy atom. The molecule has 18 heavy (non-hydrogen) atoms. The maximum Gasteiger partial charge on any atom is 0.338 e. The number of nitrogens with zero attached hydrogens (tertiary/aromatic N) is 1. The van der Waals surface area contributed by atoms with Crippen molar-refractivity contribution in [3.05, 3.63) is 33.9 Å². The number of benzene rings is 1. The molecule has 0 spiro atoms. The van der Waals surface area contributed by atoms with E-state index in [1.165, 1.54) is 12.1 Å². The van der Waals surface area contributed by atoms with E-state index in [4.69, 9.17) is 10.8 Å². The average Bonchev–Trinajstić information content (AvgIpc) is 2.28. The number of rotatable bonds is 6. The predicted molar refractivity (Wildman–Crippen MR) is 62.4 cm³/mol. The Morgan fingerprint density at radius 2 is 2.11 bits per heavy atom. The number of carbonyl (C=O) groups is 2. The Morgan fingerprint density at radius 3 is 2.61 bits per heavy atom. The zero-order valence-electron chi connectivity index (χ0n) is 9.25. The molecule has 0 bridgehead atoms. The third-order valence-corrected chi connectivity index (χ3v) is 2.13. The van der Waals surface area contributed by atoms with Gasteiger partial charge in [-0.05, 0) is 6.07 Å². The Labute approximate surface area is 102 Å². The maximum absolute atomic E-state index is 10.9. The molecule has 0 radical (unpaired) electrons. The van der Waals surface area contributed by atoms with E-state index in [9.17, 15) is 19.7 Å². The quantitative estimate of drug-likeness (QED) is 0.501. The Balaban J connectivity index is 2.93. The largest absolute Gasteiger partial charge is 0.478 e. The van der Waals surface area contributed by atoms with Crippen LogP contribution < -0.4 is 11.1 Å². The number of hydrogen-bond acceptors (Lipinski definition) is 5. The molecule has 0 heterocycles. The lowest BCUT2D eigenvalue weighted by molar-refractivity contribution is -0.384. The van der Waals surface area contributed by atoms with Crippen LogP contribution in [0.3, 0.4) is 0 Å². The van der Waals surface area contributed by atoms with Crippen LogP contribution in [0.25, 0.3) is 0 Å². The van der Waals surface area contributed by atoms with E-state index in [0.29, 0.717) is 0 Å². The van der Waals surface area contributed by atoms with Crippen molar-refractivity contribution in [3.63, 3.8) is 0 Å². The molecule has 0 aliphatic rings. The van der Waals surface area contributed by atoms with Gasteiger partial charge in [0, 0.05) is 30.8 Å². The summed E-state index contributed by atoms with van der Waals surface area (Å²) in [5, 5.41) is 22.1. The number of nitrogens with one attached hydrogen (secondary N) is 1. The van der Waals surface area contributed by atoms with Gasteiger partial charge in [-0.2, -0.15) is 0 Å². The summed E-state index contributed by atoms with van der Waals surface area (Å²) in [6.45, 7) is 0.160. The molecule has 1 aromatic carbocycles. The molecule has 0 saturated heterocycles. The summed E-state index contributed by atoms with van der Waals surface area (Å²) in [6.07, 6.45) is 0.0377. The summed E-state index contributed by atoms with van der Waals surface area (Å²) in [7, 11) is 0. The minimum absolute atomic E-state index is 0.0377. The molecule has 1 rings (SSSR count). The minimum atomic E-state index is -1.29. The summed E-state index contributed by atoms with van der Waals surface area (Å²) < 4.78 is 0. The van der Waals surface area contributed by atoms with Gasteiger partial charge < -0.3 is 16.2 Å². The SMILES string of the molecule is NC(=O)CCNc1ccc([N+](=O)[O-])cc1C(=O)O. The molecule has 0 atom stereocenters. The summed E-state index contributed by atoms with van der Waals surface area (Å²) in [5.74, 6) is -1.82. The summed E-state index contributed by atoms with van der Waals surface area (Å²) in [4.78, 5) is 31.3. The Kier molecular flexibility index (Phi) is 4.19. The van der Waals surface area contributed by atoms with Crippen LogP contribution in [0.2, 0.25) is 0 Å². The topological polar surface area (TPSA) is 136 Å². The predicted octanol–water partition coefficient (Wildman–Crippen LogP) is 0.580. The van der Waals surface area contributed by atoms with E-state index in [1.54, 1.807) is 0 Å². The fraction of sp³-hybridized carbons (Fsp3) is 0.200. The molecule has 0 fully saturated rings. The smallest absolute Gasteiger partial charge is 0.338 e. The van der Waals surface area contributed by atoms with Gasteiger partial charge in [-0.3, -0.25) is 14.9 Å². The highest BCUT2D eigenvalue weighted by molar-refractivity contribution is 5.95. The molecule has 0 aliphatic heterocycles. The second kappa shape index (κ2) is 5.62. The molecule has 8 heteroatoms. The van der Waals surface area contributed by atoms with Crippen molar-refractivity contribution in [3.8, 4) is 0 Å². The summed E-state index contributed by atoms with van der Waals surface area (Å²) in [5.41, 5.74) is 4.60. The molecule has 0 saturated carbocycles. The molecule has 0 unspecified atom stereocenters. The molecule has 0 aromatic heterocycles. The first-order chi connectivity index (χ1) is 8.41. The zero-order chi connectivity index (χ0) is 13.7. The van der Waals surface area contributed by atoms with Gasteiger partial charge in [0.25, 0.3) is 5.69 Å². The van der Waals surface area contributed by atoms with Gasteiger partial charge in [-0.15, -0.1) is 0 Å². The Hall–Kier alpha value is -2.64. The van der Waals surface area contributed by atoms with Crippen LogP contribution in [0.4, 0.5) is 11.4 Å². The van der Waals surface area contributed by atoms with Crippen molar-refractivity contribution in [2.75, 3.05) is 11.9 Å². The van der Waals surface area contributed by atoms with Crippen LogP contribution in [-0.2, 0) is 4.79 Å². The van der Waals surface area contributed by atoms with Gasteiger partial charge in [0.05, 0.1) is 10.5 Å². The normalized spacial score (nSPS) is 9.78. The average molecular weight is 253 g/mol. The number of non-ortho nitro benzene ring substituents is 1. The fourth-order valence-corrected chi connectivity index (χ4v) is 1.30. The lowest BCUT2D eigenvalue weighted by atomic mass is 10.1. The number of nitro benzene ring substituents is 1. The maximum atomic E-state index is 10.9. The first kappa shape index (κ1) is 13.4. The van der Waals surface area contributed by atoms with Crippen molar-refractivity contribution < 1.29 is 19.6 Å². The van der Waals surface area contributed by atoms with Crippen LogP contribution >= 0.6 is 0 Å². The molecular formula is C10H11N3O5. The molecular weight excluding hydrogens is 242 g/mol. The number of nitro groups is 1. The van der Waals surface area contributed by atoms with Gasteiger partial charge >= 0.3 is 5.97 Å². The Bertz CT molecular complexity index is 500. The van der Waals surface area contributed by atoms with Gasteiger partial charge in [0.15, 0.2) is 0 Å². The van der Waals surface area contributed by atoms with E-state index in [0.717, 1.165) is 6.07 Å². The van der Waals surface area contributed by atoms with Crippen molar-refractivity contribution in [2.24, 2.45) is 5.73 Å². The van der Waals surface area contributed by atoms with Crippen molar-refractivity contribution in [1.82, 2.24) is 0 Å². The number of primary amides is 1. The number of carbonyl (C=O) groups excluding carboxylic acids is 1. The van der Waals surface area contributed by atoms with Gasteiger partial charge in [0.2, 0.25) is 5.91 Å². The van der Waals surface area contributed by atoms with Crippen LogP contribution in [-0.4, -0.2) is 28.5 Å². The first-order valence-electron chi connectivity index (χ1n) is 4.95. The highest BCUT2D eigenvalue weighted by atomic mass is 16.6. The van der Waals surface area contributed by atoms with Gasteiger partial charge in [0.1, 0.15) is 0 Å². The molecule has 4 N–H and O–H groups in total. The first-order valence-corrected chi connectivity index (χ1v) is 4.95. The second-order valence-corrected chi connectivity index (χ2v) is 3.44. The van der Waals surface area contributed by atoms with E-state index in [-0.39, 0.29) is 29.9 Å². The monoisotopic (exact) mass is 253 g/mol. The number of carboxylic acid groups (broad SMARTS) is 1. The van der Waals surface area contributed by atoms with Crippen LogP contribution in [0, 0.1) is 10.1 Å². The number of nitrogens with two attached hydrogens (primary N) is 1. The number of carboxylic acids is 1. The molecule has 8 nitrogen and oxygen atoms in total. The number of hydrogen-bond donors (Lipinski definition) is 3. The molecule has 1 aromatic rings. The fourth-order valence-electron chi connectivity index (χ4n) is 1.30. The van der Waals surface area contributed by atoms with E-state index >= 15 is 0 Å². The highest BCUT2D eigenvalue weighted by Crippen LogP contribution is 2.22. The molecule has 96 valence electrons. The third kappa shape index (κ3) is 3.44. The number of aromatic carboxylic acids is 1. The van der Waals surface area contributed by atoms with Crippen molar-refractivity contribution in [1.29, 1.82) is 0 Å². The van der Waals surface area contributed by atoms with Crippen LogP contribution in [0.5, 0.6) is 0 Å². The van der Waals surface area contributed by atoms with Crippen molar-refractivity contribution >= 4 is 23.3 Å². The highest BCUT2D eigenvalue weighted by Gasteiger charge is 2.15. The standard InChI is InChI=1S/C10H11N3O5/c11-9(14)3-4-12-8-2-1-6(13(17)18)5-7(8)10(15)16/h1-2,5,12H,3-4H2,(H2,11,14)(H,15,16). The third-order valence-electron chi connectivity index (χ3n) is 2.13. The summed E-state index contributed by atoms with van der Waals surface area (Å²) >= 11 is 0. The lowest BCUT2D eigenvalue weighted by Crippen LogP contribution is -2.17.